The Morgan fingerprint density at radius 1 is 1.31 bits per heavy atom. The molecule has 3 rings (SSSR count). The number of amides is 2. The van der Waals surface area contributed by atoms with Gasteiger partial charge in [0.1, 0.15) is 18.0 Å². The number of methoxy groups -OCH3 is 1. The lowest BCUT2D eigenvalue weighted by Gasteiger charge is -2.29. The first-order chi connectivity index (χ1) is 13.9. The molecule has 156 valence electrons. The highest BCUT2D eigenvalue weighted by Crippen LogP contribution is 2.24. The molecule has 0 bridgehead atoms. The van der Waals surface area contributed by atoms with Gasteiger partial charge < -0.3 is 19.8 Å². The van der Waals surface area contributed by atoms with Gasteiger partial charge in [-0.3, -0.25) is 14.6 Å². The van der Waals surface area contributed by atoms with Crippen LogP contribution in [0.15, 0.2) is 27.5 Å². The summed E-state index contributed by atoms with van der Waals surface area (Å²) in [5.41, 5.74) is 0.323. The van der Waals surface area contributed by atoms with Crippen molar-refractivity contribution in [2.24, 2.45) is 5.92 Å². The predicted molar refractivity (Wildman–Crippen MR) is 103 cm³/mol. The van der Waals surface area contributed by atoms with Gasteiger partial charge in [0.2, 0.25) is 11.8 Å². The fourth-order valence-electron chi connectivity index (χ4n) is 3.42. The van der Waals surface area contributed by atoms with Crippen LogP contribution in [0.5, 0.6) is 5.75 Å². The van der Waals surface area contributed by atoms with E-state index >= 15 is 0 Å². The Morgan fingerprint density at radius 3 is 2.72 bits per heavy atom. The van der Waals surface area contributed by atoms with Crippen LogP contribution in [-0.2, 0) is 11.3 Å². The van der Waals surface area contributed by atoms with Gasteiger partial charge in [-0.2, -0.15) is 4.68 Å². The molecule has 0 radical (unpaired) electrons. The molecule has 2 amide bonds. The molecule has 0 spiro atoms. The molecule has 1 aliphatic rings. The maximum Gasteiger partial charge on any atom is 0.437 e. The number of aromatic nitrogens is 3. The van der Waals surface area contributed by atoms with Crippen LogP contribution >= 0.6 is 0 Å². The molecule has 0 aliphatic heterocycles. The van der Waals surface area contributed by atoms with Crippen molar-refractivity contribution in [1.82, 2.24) is 25.4 Å². The largest absolute Gasteiger partial charge is 0.497 e. The zero-order chi connectivity index (χ0) is 20.8. The van der Waals surface area contributed by atoms with Crippen LogP contribution < -0.4 is 21.1 Å². The molecular formula is C19H25N5O5. The Balaban J connectivity index is 1.40. The first-order valence-corrected chi connectivity index (χ1v) is 9.56. The van der Waals surface area contributed by atoms with E-state index in [0.29, 0.717) is 23.9 Å². The number of rotatable bonds is 7. The predicted octanol–water partition coefficient (Wildman–Crippen LogP) is 0.653. The third kappa shape index (κ3) is 5.66. The average molecular weight is 403 g/mol. The Hall–Kier alpha value is -3.17. The van der Waals surface area contributed by atoms with Gasteiger partial charge in [-0.05, 0) is 37.7 Å². The normalized spacial score (nSPS) is 18.8. The molecular weight excluding hydrogens is 378 g/mol. The summed E-state index contributed by atoms with van der Waals surface area (Å²) in [7, 11) is 1.54. The summed E-state index contributed by atoms with van der Waals surface area (Å²) in [5.74, 6) is 0.0361. The van der Waals surface area contributed by atoms with Crippen LogP contribution in [0.1, 0.15) is 42.1 Å². The number of hydrogen-bond donors (Lipinski definition) is 2. The molecule has 1 fully saturated rings. The lowest BCUT2D eigenvalue weighted by atomic mass is 9.86. The fourth-order valence-corrected chi connectivity index (χ4v) is 3.42. The van der Waals surface area contributed by atoms with E-state index in [0.717, 1.165) is 30.4 Å². The smallest absolute Gasteiger partial charge is 0.437 e. The van der Waals surface area contributed by atoms with Gasteiger partial charge in [-0.1, -0.05) is 0 Å². The number of carbonyl (C=O) groups excluding carboxylic acids is 2. The summed E-state index contributed by atoms with van der Waals surface area (Å²) in [4.78, 5) is 39.9. The lowest BCUT2D eigenvalue weighted by Crippen LogP contribution is -2.42. The minimum absolute atomic E-state index is 0.0539. The Kier molecular flexibility index (Phi) is 6.63. The van der Waals surface area contributed by atoms with Gasteiger partial charge in [-0.15, -0.1) is 5.10 Å². The van der Waals surface area contributed by atoms with Crippen molar-refractivity contribution in [3.05, 3.63) is 40.5 Å². The molecule has 10 heteroatoms. The average Bonchev–Trinajstić information content (AvgIpc) is 3.03. The quantitative estimate of drug-likeness (QED) is 0.695. The monoisotopic (exact) mass is 403 g/mol. The molecule has 0 aromatic carbocycles. The maximum absolute atomic E-state index is 12.2. The molecule has 0 atom stereocenters. The van der Waals surface area contributed by atoms with Crippen LogP contribution in [-0.4, -0.2) is 46.3 Å². The molecule has 2 aromatic rings. The van der Waals surface area contributed by atoms with E-state index < -0.39 is 5.76 Å². The van der Waals surface area contributed by atoms with Gasteiger partial charge in [-0.25, -0.2) is 4.79 Å². The molecule has 2 aromatic heterocycles. The molecule has 29 heavy (non-hydrogen) atoms. The maximum atomic E-state index is 12.2. The van der Waals surface area contributed by atoms with Gasteiger partial charge in [0.05, 0.1) is 7.11 Å². The summed E-state index contributed by atoms with van der Waals surface area (Å²) in [6, 6.07) is 3.34. The van der Waals surface area contributed by atoms with E-state index in [9.17, 15) is 14.4 Å². The summed E-state index contributed by atoms with van der Waals surface area (Å²) < 4.78 is 10.9. The van der Waals surface area contributed by atoms with Crippen molar-refractivity contribution in [3.63, 3.8) is 0 Å². The van der Waals surface area contributed by atoms with Crippen molar-refractivity contribution < 1.29 is 18.7 Å². The summed E-state index contributed by atoms with van der Waals surface area (Å²) in [5, 5.41) is 9.71. The zero-order valence-electron chi connectivity index (χ0n) is 16.5. The van der Waals surface area contributed by atoms with Crippen molar-refractivity contribution in [1.29, 1.82) is 0 Å². The number of hydrogen-bond acceptors (Lipinski definition) is 7. The van der Waals surface area contributed by atoms with Crippen molar-refractivity contribution in [3.8, 4) is 5.75 Å². The zero-order valence-corrected chi connectivity index (χ0v) is 16.5. The minimum Gasteiger partial charge on any atom is -0.497 e. The summed E-state index contributed by atoms with van der Waals surface area (Å²) >= 11 is 0. The molecule has 10 nitrogen and oxygen atoms in total. The van der Waals surface area contributed by atoms with Crippen LogP contribution in [0.2, 0.25) is 0 Å². The van der Waals surface area contributed by atoms with Crippen LogP contribution in [0.4, 0.5) is 0 Å². The van der Waals surface area contributed by atoms with Gasteiger partial charge in [0.15, 0.2) is 0 Å². The second kappa shape index (κ2) is 9.35. The van der Waals surface area contributed by atoms with Gasteiger partial charge >= 0.3 is 5.76 Å². The lowest BCUT2D eigenvalue weighted by molar-refractivity contribution is -0.122. The summed E-state index contributed by atoms with van der Waals surface area (Å²) in [6.07, 6.45) is 4.95. The van der Waals surface area contributed by atoms with E-state index in [4.69, 9.17) is 9.15 Å². The molecule has 0 saturated heterocycles. The molecule has 0 unspecified atom stereocenters. The number of carbonyl (C=O) groups is 2. The van der Waals surface area contributed by atoms with Crippen LogP contribution in [0.3, 0.4) is 0 Å². The number of ether oxygens (including phenoxy) is 1. The second-order valence-electron chi connectivity index (χ2n) is 7.12. The number of aryl methyl sites for hydroxylation is 1. The van der Waals surface area contributed by atoms with E-state index in [1.54, 1.807) is 26.2 Å². The molecule has 1 saturated carbocycles. The highest BCUT2D eigenvalue weighted by atomic mass is 16.5. The van der Waals surface area contributed by atoms with E-state index in [1.165, 1.54) is 6.20 Å². The number of nitrogens with one attached hydrogen (secondary N) is 2. The third-order valence-electron chi connectivity index (χ3n) is 4.96. The standard InChI is InChI=1S/C19H25N5O5/c1-12-23-24(19(27)29-12)11-17(25)22-14-5-3-13(4-6-14)10-21-18(26)16-9-15(28-2)7-8-20-16/h7-9,13-14H,3-6,10-11H2,1-2H3,(H,21,26)(H,22,25). The SMILES string of the molecule is COc1ccnc(C(=O)NCC2CCC(NC(=O)Cn3nc(C)oc3=O)CC2)c1. The Bertz CT molecular complexity index is 914. The topological polar surface area (TPSA) is 128 Å². The minimum atomic E-state index is -0.636. The third-order valence-corrected chi connectivity index (χ3v) is 4.96. The first-order valence-electron chi connectivity index (χ1n) is 9.56. The highest BCUT2D eigenvalue weighted by Gasteiger charge is 2.23. The first kappa shape index (κ1) is 20.6. The van der Waals surface area contributed by atoms with Crippen LogP contribution in [0, 0.1) is 12.8 Å². The molecule has 2 heterocycles. The second-order valence-corrected chi connectivity index (χ2v) is 7.12. The van der Waals surface area contributed by atoms with Gasteiger partial charge in [0.25, 0.3) is 5.91 Å². The summed E-state index contributed by atoms with van der Waals surface area (Å²) in [6.45, 7) is 1.96. The van der Waals surface area contributed by atoms with Gasteiger partial charge in [0, 0.05) is 31.8 Å². The Morgan fingerprint density at radius 2 is 2.07 bits per heavy atom. The van der Waals surface area contributed by atoms with E-state index in [1.807, 2.05) is 0 Å². The van der Waals surface area contributed by atoms with Crippen molar-refractivity contribution in [2.75, 3.05) is 13.7 Å². The fraction of sp³-hybridized carbons (Fsp3) is 0.526. The molecule has 1 aliphatic carbocycles. The highest BCUT2D eigenvalue weighted by molar-refractivity contribution is 5.92. The Labute approximate surface area is 167 Å². The van der Waals surface area contributed by atoms with E-state index in [-0.39, 0.29) is 30.3 Å². The van der Waals surface area contributed by atoms with Crippen molar-refractivity contribution >= 4 is 11.8 Å². The van der Waals surface area contributed by atoms with Crippen molar-refractivity contribution in [2.45, 2.75) is 45.2 Å². The van der Waals surface area contributed by atoms with Crippen LogP contribution in [0.25, 0.3) is 0 Å². The number of pyridine rings is 1. The number of nitrogens with zero attached hydrogens (tertiary/aromatic N) is 3. The van der Waals surface area contributed by atoms with E-state index in [2.05, 4.69) is 20.7 Å². The molecule has 2 N–H and O–H groups in total.